The maximum atomic E-state index is 4.02. The van der Waals surface area contributed by atoms with E-state index in [2.05, 4.69) is 21.9 Å². The van der Waals surface area contributed by atoms with Crippen molar-refractivity contribution in [3.63, 3.8) is 0 Å². The van der Waals surface area contributed by atoms with Crippen molar-refractivity contribution in [3.8, 4) is 0 Å². The highest BCUT2D eigenvalue weighted by atomic mass is 15.1. The summed E-state index contributed by atoms with van der Waals surface area (Å²) < 4.78 is 0. The maximum Gasteiger partial charge on any atom is 0.0921 e. The summed E-state index contributed by atoms with van der Waals surface area (Å²) in [4.78, 5) is 9.59. The van der Waals surface area contributed by atoms with Gasteiger partial charge in [0, 0.05) is 24.4 Å². The molecule has 0 spiro atoms. The highest BCUT2D eigenvalue weighted by Gasteiger charge is 2.20. The number of aromatic nitrogens is 2. The summed E-state index contributed by atoms with van der Waals surface area (Å²) in [6.45, 7) is 1.25. The predicted molar refractivity (Wildman–Crippen MR) is 47.9 cm³/mol. The summed E-state index contributed by atoms with van der Waals surface area (Å²) in [5.41, 5.74) is 1.26. The van der Waals surface area contributed by atoms with Crippen LogP contribution >= 0.6 is 0 Å². The Balaban J connectivity index is 1.95. The molecular weight excluding hydrogens is 150 g/mol. The maximum absolute atomic E-state index is 4.02. The third-order valence-electron chi connectivity index (χ3n) is 2.68. The van der Waals surface area contributed by atoms with Crippen LogP contribution in [-0.2, 0) is 6.42 Å². The van der Waals surface area contributed by atoms with Crippen molar-refractivity contribution in [2.24, 2.45) is 0 Å². The Labute approximate surface area is 72.8 Å². The number of rotatable bonds is 2. The van der Waals surface area contributed by atoms with Crippen LogP contribution in [0.3, 0.4) is 0 Å². The summed E-state index contributed by atoms with van der Waals surface area (Å²) in [7, 11) is 2.20. The van der Waals surface area contributed by atoms with Crippen molar-refractivity contribution in [3.05, 3.63) is 18.2 Å². The topological polar surface area (TPSA) is 31.9 Å². The van der Waals surface area contributed by atoms with E-state index >= 15 is 0 Å². The molecule has 0 aliphatic carbocycles. The number of likely N-dealkylation sites (tertiary alicyclic amines) is 1. The summed E-state index contributed by atoms with van der Waals surface area (Å²) >= 11 is 0. The van der Waals surface area contributed by atoms with Crippen LogP contribution < -0.4 is 0 Å². The minimum Gasteiger partial charge on any atom is -0.348 e. The molecule has 2 heterocycles. The van der Waals surface area contributed by atoms with Crippen LogP contribution in [0, 0.1) is 0 Å². The molecule has 1 saturated heterocycles. The molecule has 1 N–H and O–H groups in total. The molecule has 1 aliphatic rings. The lowest BCUT2D eigenvalue weighted by Crippen LogP contribution is -2.26. The van der Waals surface area contributed by atoms with Crippen molar-refractivity contribution in [2.45, 2.75) is 25.3 Å². The number of aromatic amines is 1. The van der Waals surface area contributed by atoms with E-state index in [1.165, 1.54) is 25.1 Å². The van der Waals surface area contributed by atoms with Gasteiger partial charge in [-0.2, -0.15) is 0 Å². The van der Waals surface area contributed by atoms with Gasteiger partial charge in [-0.3, -0.25) is 0 Å². The number of likely N-dealkylation sites (N-methyl/N-ethyl adjacent to an activating group) is 1. The molecule has 0 saturated carbocycles. The highest BCUT2D eigenvalue weighted by molar-refractivity contribution is 4.98. The lowest BCUT2D eigenvalue weighted by atomic mass is 10.1. The second-order valence-corrected chi connectivity index (χ2v) is 3.56. The molecular formula is C9H15N3. The molecule has 3 nitrogen and oxygen atoms in total. The van der Waals surface area contributed by atoms with E-state index in [4.69, 9.17) is 0 Å². The zero-order valence-corrected chi connectivity index (χ0v) is 7.45. The molecule has 3 heteroatoms. The number of nitrogens with one attached hydrogen (secondary N) is 1. The Morgan fingerprint density at radius 3 is 3.25 bits per heavy atom. The Kier molecular flexibility index (Phi) is 2.13. The Morgan fingerprint density at radius 2 is 2.67 bits per heavy atom. The van der Waals surface area contributed by atoms with Crippen LogP contribution in [0.1, 0.15) is 18.5 Å². The van der Waals surface area contributed by atoms with Gasteiger partial charge in [-0.25, -0.2) is 4.98 Å². The van der Waals surface area contributed by atoms with E-state index in [1.54, 1.807) is 6.33 Å². The highest BCUT2D eigenvalue weighted by Crippen LogP contribution is 2.17. The number of hydrogen-bond donors (Lipinski definition) is 1. The van der Waals surface area contributed by atoms with Crippen molar-refractivity contribution in [2.75, 3.05) is 13.6 Å². The smallest absolute Gasteiger partial charge is 0.0921 e. The zero-order chi connectivity index (χ0) is 8.39. The first-order valence-electron chi connectivity index (χ1n) is 4.54. The first kappa shape index (κ1) is 7.80. The molecule has 1 aliphatic heterocycles. The van der Waals surface area contributed by atoms with Crippen LogP contribution in [0.2, 0.25) is 0 Å². The van der Waals surface area contributed by atoms with Gasteiger partial charge < -0.3 is 9.88 Å². The third-order valence-corrected chi connectivity index (χ3v) is 2.68. The van der Waals surface area contributed by atoms with Gasteiger partial charge in [0.25, 0.3) is 0 Å². The number of H-pyrrole nitrogens is 1. The van der Waals surface area contributed by atoms with E-state index in [-0.39, 0.29) is 0 Å². The molecule has 2 rings (SSSR count). The Bertz CT molecular complexity index is 230. The minimum atomic E-state index is 0.727. The molecule has 1 aromatic rings. The molecule has 0 aromatic carbocycles. The van der Waals surface area contributed by atoms with Crippen LogP contribution in [0.15, 0.2) is 12.5 Å². The first-order valence-corrected chi connectivity index (χ1v) is 4.54. The fourth-order valence-electron chi connectivity index (χ4n) is 1.89. The minimum absolute atomic E-state index is 0.727. The second kappa shape index (κ2) is 3.27. The molecule has 0 amide bonds. The molecule has 0 bridgehead atoms. The molecule has 1 atom stereocenters. The average Bonchev–Trinajstić information content (AvgIpc) is 2.65. The monoisotopic (exact) mass is 165 g/mol. The van der Waals surface area contributed by atoms with Gasteiger partial charge in [0.15, 0.2) is 0 Å². The average molecular weight is 165 g/mol. The quantitative estimate of drug-likeness (QED) is 0.710. The van der Waals surface area contributed by atoms with Crippen LogP contribution in [-0.4, -0.2) is 34.5 Å². The van der Waals surface area contributed by atoms with Crippen molar-refractivity contribution in [1.82, 2.24) is 14.9 Å². The van der Waals surface area contributed by atoms with Gasteiger partial charge in [0.1, 0.15) is 0 Å². The zero-order valence-electron chi connectivity index (χ0n) is 7.45. The van der Waals surface area contributed by atoms with E-state index in [9.17, 15) is 0 Å². The molecule has 0 radical (unpaired) electrons. The Hall–Kier alpha value is -0.830. The molecule has 12 heavy (non-hydrogen) atoms. The predicted octanol–water partition coefficient (Wildman–Crippen LogP) is 1.05. The van der Waals surface area contributed by atoms with E-state index in [1.807, 2.05) is 6.20 Å². The lowest BCUT2D eigenvalue weighted by molar-refractivity contribution is 0.308. The van der Waals surface area contributed by atoms with Gasteiger partial charge >= 0.3 is 0 Å². The SMILES string of the molecule is CN1CCCC1Cc1cnc[nH]1. The van der Waals surface area contributed by atoms with Gasteiger partial charge in [-0.1, -0.05) is 0 Å². The van der Waals surface area contributed by atoms with Crippen molar-refractivity contribution < 1.29 is 0 Å². The number of imidazole rings is 1. The van der Waals surface area contributed by atoms with Gasteiger partial charge in [-0.15, -0.1) is 0 Å². The van der Waals surface area contributed by atoms with E-state index in [0.29, 0.717) is 0 Å². The summed E-state index contributed by atoms with van der Waals surface area (Å²) in [5.74, 6) is 0. The number of nitrogens with zero attached hydrogens (tertiary/aromatic N) is 2. The van der Waals surface area contributed by atoms with Gasteiger partial charge in [0.05, 0.1) is 6.33 Å². The van der Waals surface area contributed by atoms with Crippen LogP contribution in [0.5, 0.6) is 0 Å². The number of hydrogen-bond acceptors (Lipinski definition) is 2. The molecule has 1 fully saturated rings. The molecule has 1 unspecified atom stereocenters. The van der Waals surface area contributed by atoms with Crippen LogP contribution in [0.25, 0.3) is 0 Å². The summed E-state index contributed by atoms with van der Waals surface area (Å²) in [6.07, 6.45) is 7.47. The molecule has 1 aromatic heterocycles. The second-order valence-electron chi connectivity index (χ2n) is 3.56. The fraction of sp³-hybridized carbons (Fsp3) is 0.667. The molecule has 66 valence electrons. The van der Waals surface area contributed by atoms with Gasteiger partial charge in [0.2, 0.25) is 0 Å². The fourth-order valence-corrected chi connectivity index (χ4v) is 1.89. The standard InChI is InChI=1S/C9H15N3/c1-12-4-2-3-9(12)5-8-6-10-7-11-8/h6-7,9H,2-5H2,1H3,(H,10,11). The summed E-state index contributed by atoms with van der Waals surface area (Å²) in [5, 5.41) is 0. The van der Waals surface area contributed by atoms with Crippen molar-refractivity contribution >= 4 is 0 Å². The summed E-state index contributed by atoms with van der Waals surface area (Å²) in [6, 6.07) is 0.727. The Morgan fingerprint density at radius 1 is 1.75 bits per heavy atom. The largest absolute Gasteiger partial charge is 0.348 e. The van der Waals surface area contributed by atoms with E-state index < -0.39 is 0 Å². The van der Waals surface area contributed by atoms with E-state index in [0.717, 1.165) is 12.5 Å². The normalized spacial score (nSPS) is 24.9. The van der Waals surface area contributed by atoms with Crippen molar-refractivity contribution in [1.29, 1.82) is 0 Å². The first-order chi connectivity index (χ1) is 5.86. The van der Waals surface area contributed by atoms with Gasteiger partial charge in [-0.05, 0) is 26.4 Å². The lowest BCUT2D eigenvalue weighted by Gasteiger charge is -2.17. The third kappa shape index (κ3) is 1.50. The van der Waals surface area contributed by atoms with Crippen LogP contribution in [0.4, 0.5) is 0 Å².